The largest absolute Gasteiger partial charge is 0.477 e. The van der Waals surface area contributed by atoms with Crippen LogP contribution in [0.4, 0.5) is 14.6 Å². The summed E-state index contributed by atoms with van der Waals surface area (Å²) in [5, 5.41) is 12.6. The van der Waals surface area contributed by atoms with E-state index >= 15 is 0 Å². The number of benzene rings is 1. The van der Waals surface area contributed by atoms with Gasteiger partial charge in [-0.05, 0) is 25.5 Å². The molecule has 0 atom stereocenters. The van der Waals surface area contributed by atoms with Crippen LogP contribution >= 0.6 is 27.3 Å². The molecule has 11 heteroatoms. The van der Waals surface area contributed by atoms with Gasteiger partial charge >= 0.3 is 5.97 Å². The molecular weight excluding hydrogens is 470 g/mol. The van der Waals surface area contributed by atoms with Crippen molar-refractivity contribution in [3.63, 3.8) is 0 Å². The van der Waals surface area contributed by atoms with Gasteiger partial charge in [-0.1, -0.05) is 15.9 Å². The topological polar surface area (TPSA) is 97.2 Å². The lowest BCUT2D eigenvalue weighted by atomic mass is 10.1. The van der Waals surface area contributed by atoms with Crippen LogP contribution in [0.25, 0.3) is 10.7 Å². The maximum absolute atomic E-state index is 13.9. The Bertz CT molecular complexity index is 1020. The molecule has 7 nitrogen and oxygen atoms in total. The van der Waals surface area contributed by atoms with Crippen molar-refractivity contribution in [3.8, 4) is 16.6 Å². The number of carboxylic acid groups (broad SMARTS) is 1. The first-order valence-electron chi connectivity index (χ1n) is 8.45. The zero-order valence-electron chi connectivity index (χ0n) is 15.1. The second-order valence-electron chi connectivity index (χ2n) is 5.70. The number of thiazole rings is 1. The van der Waals surface area contributed by atoms with E-state index in [1.807, 2.05) is 0 Å². The molecule has 0 amide bonds. The van der Waals surface area contributed by atoms with Gasteiger partial charge in [-0.25, -0.2) is 23.5 Å². The van der Waals surface area contributed by atoms with Crippen LogP contribution in [-0.2, 0) is 6.42 Å². The van der Waals surface area contributed by atoms with Crippen LogP contribution in [-0.4, -0.2) is 39.2 Å². The first-order chi connectivity index (χ1) is 13.9. The number of carbonyl (C=O) groups is 1. The third-order valence-electron chi connectivity index (χ3n) is 3.74. The molecule has 1 aromatic carbocycles. The predicted octanol–water partition coefficient (Wildman–Crippen LogP) is 4.39. The lowest BCUT2D eigenvalue weighted by molar-refractivity contribution is 0.0697. The number of rotatable bonds is 8. The van der Waals surface area contributed by atoms with Crippen LogP contribution in [0.1, 0.15) is 22.2 Å². The minimum Gasteiger partial charge on any atom is -0.477 e. The van der Waals surface area contributed by atoms with E-state index in [4.69, 9.17) is 4.74 Å². The average molecular weight is 485 g/mol. The number of halogens is 3. The summed E-state index contributed by atoms with van der Waals surface area (Å²) in [5.41, 5.74) is 0.379. The van der Waals surface area contributed by atoms with Crippen molar-refractivity contribution in [2.45, 2.75) is 13.3 Å². The summed E-state index contributed by atoms with van der Waals surface area (Å²) in [7, 11) is 0. The van der Waals surface area contributed by atoms with Gasteiger partial charge in [0.05, 0.1) is 6.61 Å². The van der Waals surface area contributed by atoms with Crippen molar-refractivity contribution in [3.05, 3.63) is 51.1 Å². The van der Waals surface area contributed by atoms with Crippen LogP contribution in [0.5, 0.6) is 5.88 Å². The van der Waals surface area contributed by atoms with Gasteiger partial charge in [-0.2, -0.15) is 4.98 Å². The molecule has 0 aliphatic heterocycles. The number of aromatic nitrogens is 3. The highest BCUT2D eigenvalue weighted by Gasteiger charge is 2.20. The van der Waals surface area contributed by atoms with Gasteiger partial charge in [0.25, 0.3) is 0 Å². The molecule has 0 bridgehead atoms. The number of nitrogens with one attached hydrogen (secondary N) is 1. The second kappa shape index (κ2) is 9.23. The maximum Gasteiger partial charge on any atom is 0.351 e. The molecule has 0 aliphatic carbocycles. The molecule has 152 valence electrons. The smallest absolute Gasteiger partial charge is 0.351 e. The Morgan fingerprint density at radius 1 is 1.28 bits per heavy atom. The van der Waals surface area contributed by atoms with E-state index in [0.717, 1.165) is 11.3 Å². The van der Waals surface area contributed by atoms with E-state index in [0.29, 0.717) is 21.0 Å². The van der Waals surface area contributed by atoms with Gasteiger partial charge in [0, 0.05) is 22.6 Å². The number of ether oxygens (including phenoxy) is 1. The normalized spacial score (nSPS) is 10.8. The van der Waals surface area contributed by atoms with Crippen LogP contribution in [0.15, 0.2) is 29.0 Å². The summed E-state index contributed by atoms with van der Waals surface area (Å²) in [6, 6.07) is 3.99. The summed E-state index contributed by atoms with van der Waals surface area (Å²) < 4.78 is 33.4. The highest BCUT2D eigenvalue weighted by Crippen LogP contribution is 2.32. The monoisotopic (exact) mass is 484 g/mol. The van der Waals surface area contributed by atoms with Gasteiger partial charge in [0.2, 0.25) is 5.88 Å². The van der Waals surface area contributed by atoms with Crippen LogP contribution < -0.4 is 10.1 Å². The zero-order valence-corrected chi connectivity index (χ0v) is 17.5. The quantitative estimate of drug-likeness (QED) is 0.489. The molecule has 2 aromatic heterocycles. The van der Waals surface area contributed by atoms with Crippen molar-refractivity contribution in [1.29, 1.82) is 0 Å². The summed E-state index contributed by atoms with van der Waals surface area (Å²) in [6.07, 6.45) is 1.40. The van der Waals surface area contributed by atoms with Crippen LogP contribution in [0.2, 0.25) is 0 Å². The number of hydrogen-bond donors (Lipinski definition) is 2. The Balaban J connectivity index is 1.74. The van der Waals surface area contributed by atoms with E-state index in [9.17, 15) is 18.7 Å². The highest BCUT2D eigenvalue weighted by molar-refractivity contribution is 9.10. The first-order valence-corrected chi connectivity index (χ1v) is 10.1. The SMILES string of the molecule is CCOc1nc(-c2cc(NCCc3c(F)cc(Br)cc3F)ncn2)sc1C(=O)O. The van der Waals surface area contributed by atoms with E-state index in [1.54, 1.807) is 13.0 Å². The summed E-state index contributed by atoms with van der Waals surface area (Å²) >= 11 is 3.98. The van der Waals surface area contributed by atoms with Crippen molar-refractivity contribution in [2.24, 2.45) is 0 Å². The Morgan fingerprint density at radius 3 is 2.66 bits per heavy atom. The molecule has 0 fully saturated rings. The van der Waals surface area contributed by atoms with Crippen LogP contribution in [0, 0.1) is 11.6 Å². The second-order valence-corrected chi connectivity index (χ2v) is 7.62. The summed E-state index contributed by atoms with van der Waals surface area (Å²) in [6.45, 7) is 2.24. The fourth-order valence-corrected chi connectivity index (χ4v) is 3.70. The average Bonchev–Trinajstić information content (AvgIpc) is 3.09. The molecular formula is C18H15BrF2N4O3S. The molecule has 3 aromatic rings. The first kappa shape index (κ1) is 21.1. The van der Waals surface area contributed by atoms with Crippen molar-refractivity contribution < 1.29 is 23.4 Å². The molecule has 2 heterocycles. The third-order valence-corrected chi connectivity index (χ3v) is 5.25. The van der Waals surface area contributed by atoms with Gasteiger partial charge in [-0.15, -0.1) is 11.3 Å². The Kier molecular flexibility index (Phi) is 6.70. The molecule has 0 aliphatic rings. The van der Waals surface area contributed by atoms with Crippen molar-refractivity contribution >= 4 is 39.1 Å². The standard InChI is InChI=1S/C18H15BrF2N4O3S/c1-2-28-16-15(18(26)27)29-17(25-16)13-7-14(24-8-23-13)22-4-3-10-11(20)5-9(19)6-12(10)21/h5-8H,2-4H2,1H3,(H,26,27)(H,22,23,24). The zero-order chi connectivity index (χ0) is 21.0. The van der Waals surface area contributed by atoms with Crippen LogP contribution in [0.3, 0.4) is 0 Å². The Hall–Kier alpha value is -2.66. The molecule has 0 saturated heterocycles. The highest BCUT2D eigenvalue weighted by atomic mass is 79.9. The molecule has 0 saturated carbocycles. The Morgan fingerprint density at radius 2 is 2.00 bits per heavy atom. The van der Waals surface area contributed by atoms with Gasteiger partial charge in [-0.3, -0.25) is 0 Å². The maximum atomic E-state index is 13.9. The fraction of sp³-hybridized carbons (Fsp3) is 0.222. The molecule has 0 spiro atoms. The number of anilines is 1. The number of hydrogen-bond acceptors (Lipinski definition) is 7. The molecule has 3 rings (SSSR count). The lowest BCUT2D eigenvalue weighted by Gasteiger charge is -2.08. The van der Waals surface area contributed by atoms with Gasteiger partial charge in [0.15, 0.2) is 4.88 Å². The number of aromatic carboxylic acids is 1. The number of carboxylic acids is 1. The molecule has 0 radical (unpaired) electrons. The van der Waals surface area contributed by atoms with Gasteiger partial charge < -0.3 is 15.2 Å². The Labute approximate surface area is 176 Å². The van der Waals surface area contributed by atoms with Gasteiger partial charge in [0.1, 0.15) is 34.5 Å². The number of nitrogens with zero attached hydrogens (tertiary/aromatic N) is 3. The summed E-state index contributed by atoms with van der Waals surface area (Å²) in [4.78, 5) is 23.7. The van der Waals surface area contributed by atoms with E-state index in [-0.39, 0.29) is 35.9 Å². The predicted molar refractivity (Wildman–Crippen MR) is 108 cm³/mol. The summed E-state index contributed by atoms with van der Waals surface area (Å²) in [5.74, 6) is -1.94. The van der Waals surface area contributed by atoms with E-state index in [1.165, 1.54) is 18.5 Å². The van der Waals surface area contributed by atoms with E-state index < -0.39 is 17.6 Å². The molecule has 0 unspecified atom stereocenters. The fourth-order valence-electron chi connectivity index (χ4n) is 2.48. The lowest BCUT2D eigenvalue weighted by Crippen LogP contribution is -2.09. The molecule has 29 heavy (non-hydrogen) atoms. The van der Waals surface area contributed by atoms with Crippen molar-refractivity contribution in [2.75, 3.05) is 18.5 Å². The third kappa shape index (κ3) is 5.04. The minimum absolute atomic E-state index is 0.0174. The van der Waals surface area contributed by atoms with Crippen molar-refractivity contribution in [1.82, 2.24) is 15.0 Å². The molecule has 2 N–H and O–H groups in total. The minimum atomic E-state index is -1.14. The van der Waals surface area contributed by atoms with E-state index in [2.05, 4.69) is 36.2 Å².